The van der Waals surface area contributed by atoms with Gasteiger partial charge >= 0.3 is 0 Å². The molecule has 8 heteroatoms. The summed E-state index contributed by atoms with van der Waals surface area (Å²) in [5, 5.41) is 7.76. The molecule has 0 radical (unpaired) electrons. The van der Waals surface area contributed by atoms with Crippen LogP contribution in [0.4, 0.5) is 0 Å². The fourth-order valence-electron chi connectivity index (χ4n) is 4.15. The number of ether oxygens (including phenoxy) is 1. The number of halogens is 1. The number of nitrogens with one attached hydrogen (secondary N) is 1. The first-order chi connectivity index (χ1) is 16.1. The zero-order valence-electron chi connectivity index (χ0n) is 18.8. The van der Waals surface area contributed by atoms with Gasteiger partial charge in [-0.2, -0.15) is 4.98 Å². The van der Waals surface area contributed by atoms with E-state index in [1.54, 1.807) is 13.2 Å². The van der Waals surface area contributed by atoms with Crippen LogP contribution >= 0.6 is 11.6 Å². The SMILES string of the molecule is COc1cccc(CCCNC(=O)C2CCCN(Cc3nc(-c4ccccc4Cl)no3)C2)c1. The van der Waals surface area contributed by atoms with Gasteiger partial charge in [0.1, 0.15) is 5.75 Å². The number of carbonyl (C=O) groups excluding carboxylic acids is 1. The second-order valence-corrected chi connectivity index (χ2v) is 8.72. The molecule has 0 bridgehead atoms. The van der Waals surface area contributed by atoms with Gasteiger partial charge in [-0.1, -0.05) is 41.0 Å². The van der Waals surface area contributed by atoms with Gasteiger partial charge in [0.25, 0.3) is 0 Å². The number of aryl methyl sites for hydroxylation is 1. The molecular formula is C25H29ClN4O3. The Hall–Kier alpha value is -2.90. The quantitative estimate of drug-likeness (QED) is 0.470. The molecule has 1 aromatic heterocycles. The van der Waals surface area contributed by atoms with E-state index in [2.05, 4.69) is 26.4 Å². The largest absolute Gasteiger partial charge is 0.497 e. The molecule has 1 N–H and O–H groups in total. The minimum atomic E-state index is -0.0264. The van der Waals surface area contributed by atoms with Crippen molar-refractivity contribution in [3.63, 3.8) is 0 Å². The number of likely N-dealkylation sites (tertiary alicyclic amines) is 1. The fourth-order valence-corrected chi connectivity index (χ4v) is 4.37. The number of hydrogen-bond donors (Lipinski definition) is 1. The first kappa shape index (κ1) is 23.3. The normalized spacial score (nSPS) is 16.5. The van der Waals surface area contributed by atoms with Gasteiger partial charge < -0.3 is 14.6 Å². The van der Waals surface area contributed by atoms with Gasteiger partial charge in [0.2, 0.25) is 17.6 Å². The molecule has 3 aromatic rings. The zero-order chi connectivity index (χ0) is 23.0. The van der Waals surface area contributed by atoms with Crippen molar-refractivity contribution in [1.82, 2.24) is 20.4 Å². The summed E-state index contributed by atoms with van der Waals surface area (Å²) in [6.07, 6.45) is 3.65. The minimum Gasteiger partial charge on any atom is -0.497 e. The van der Waals surface area contributed by atoms with Gasteiger partial charge in [0, 0.05) is 18.7 Å². The van der Waals surface area contributed by atoms with Crippen LogP contribution in [0.15, 0.2) is 53.1 Å². The molecule has 4 rings (SSSR count). The molecule has 174 valence electrons. The minimum absolute atomic E-state index is 0.0264. The lowest BCUT2D eigenvalue weighted by molar-refractivity contribution is -0.126. The molecule has 1 aliphatic heterocycles. The second kappa shape index (κ2) is 11.3. The third-order valence-corrected chi connectivity index (χ3v) is 6.22. The lowest BCUT2D eigenvalue weighted by Gasteiger charge is -2.30. The van der Waals surface area contributed by atoms with Gasteiger partial charge in [0.15, 0.2) is 0 Å². The summed E-state index contributed by atoms with van der Waals surface area (Å²) in [4.78, 5) is 19.4. The highest BCUT2D eigenvalue weighted by Crippen LogP contribution is 2.25. The van der Waals surface area contributed by atoms with Crippen molar-refractivity contribution in [2.45, 2.75) is 32.2 Å². The van der Waals surface area contributed by atoms with Crippen LogP contribution in [0.5, 0.6) is 5.75 Å². The average molecular weight is 469 g/mol. The maximum Gasteiger partial charge on any atom is 0.241 e. The Bertz CT molecular complexity index is 1070. The van der Waals surface area contributed by atoms with E-state index in [1.165, 1.54) is 5.56 Å². The fraction of sp³-hybridized carbons (Fsp3) is 0.400. The van der Waals surface area contributed by atoms with Gasteiger partial charge in [-0.25, -0.2) is 0 Å². The molecule has 1 unspecified atom stereocenters. The van der Waals surface area contributed by atoms with E-state index in [-0.39, 0.29) is 11.8 Å². The third-order valence-electron chi connectivity index (χ3n) is 5.89. The van der Waals surface area contributed by atoms with Crippen LogP contribution < -0.4 is 10.1 Å². The van der Waals surface area contributed by atoms with Gasteiger partial charge in [-0.15, -0.1) is 0 Å². The Balaban J connectivity index is 1.23. The smallest absolute Gasteiger partial charge is 0.241 e. The van der Waals surface area contributed by atoms with E-state index < -0.39 is 0 Å². The molecule has 1 aliphatic rings. The molecule has 1 atom stereocenters. The van der Waals surface area contributed by atoms with Gasteiger partial charge in [-0.05, 0) is 62.1 Å². The number of amides is 1. The van der Waals surface area contributed by atoms with Crippen LogP contribution in [0.3, 0.4) is 0 Å². The summed E-state index contributed by atoms with van der Waals surface area (Å²) in [6.45, 7) is 2.78. The predicted octanol–water partition coefficient (Wildman–Crippen LogP) is 4.36. The molecule has 7 nitrogen and oxygen atoms in total. The van der Waals surface area contributed by atoms with Crippen LogP contribution in [0.2, 0.25) is 5.02 Å². The molecule has 1 fully saturated rings. The molecule has 2 aromatic carbocycles. The number of methoxy groups -OCH3 is 1. The zero-order valence-corrected chi connectivity index (χ0v) is 19.6. The summed E-state index contributed by atoms with van der Waals surface area (Å²) in [7, 11) is 1.67. The molecule has 0 saturated carbocycles. The van der Waals surface area contributed by atoms with Crippen molar-refractivity contribution >= 4 is 17.5 Å². The van der Waals surface area contributed by atoms with E-state index in [9.17, 15) is 4.79 Å². The summed E-state index contributed by atoms with van der Waals surface area (Å²) in [6, 6.07) is 15.5. The standard InChI is InChI=1S/C25H29ClN4O3/c1-32-20-10-4-7-18(15-20)8-5-13-27-25(31)19-9-6-14-30(16-19)17-23-28-24(29-33-23)21-11-2-3-12-22(21)26/h2-4,7,10-12,15,19H,5-6,8-9,13-14,16-17H2,1H3,(H,27,31). The molecule has 0 aliphatic carbocycles. The summed E-state index contributed by atoms with van der Waals surface area (Å²) in [5.41, 5.74) is 1.96. The second-order valence-electron chi connectivity index (χ2n) is 8.31. The van der Waals surface area contributed by atoms with Crippen LogP contribution in [0.1, 0.15) is 30.7 Å². The first-order valence-corrected chi connectivity index (χ1v) is 11.7. The highest BCUT2D eigenvalue weighted by atomic mass is 35.5. The lowest BCUT2D eigenvalue weighted by Crippen LogP contribution is -2.43. The van der Waals surface area contributed by atoms with Crippen molar-refractivity contribution < 1.29 is 14.1 Å². The topological polar surface area (TPSA) is 80.5 Å². The molecule has 33 heavy (non-hydrogen) atoms. The van der Waals surface area contributed by atoms with Crippen LogP contribution in [0.25, 0.3) is 11.4 Å². The number of benzene rings is 2. The van der Waals surface area contributed by atoms with Gasteiger partial charge in [-0.3, -0.25) is 9.69 Å². The third kappa shape index (κ3) is 6.33. The summed E-state index contributed by atoms with van der Waals surface area (Å²) < 4.78 is 10.7. The van der Waals surface area contributed by atoms with Crippen molar-refractivity contribution in [2.24, 2.45) is 5.92 Å². The van der Waals surface area contributed by atoms with Crippen molar-refractivity contribution in [3.05, 3.63) is 65.0 Å². The Morgan fingerprint density at radius 1 is 1.27 bits per heavy atom. The lowest BCUT2D eigenvalue weighted by atomic mass is 9.97. The van der Waals surface area contributed by atoms with E-state index in [0.29, 0.717) is 36.4 Å². The predicted molar refractivity (Wildman–Crippen MR) is 127 cm³/mol. The number of rotatable bonds is 9. The molecule has 0 spiro atoms. The van der Waals surface area contributed by atoms with Crippen LogP contribution in [-0.2, 0) is 17.8 Å². The van der Waals surface area contributed by atoms with Crippen molar-refractivity contribution in [1.29, 1.82) is 0 Å². The maximum atomic E-state index is 12.7. The average Bonchev–Trinajstić information content (AvgIpc) is 3.30. The summed E-state index contributed by atoms with van der Waals surface area (Å²) in [5.74, 6) is 1.97. The highest BCUT2D eigenvalue weighted by Gasteiger charge is 2.26. The Morgan fingerprint density at radius 2 is 2.15 bits per heavy atom. The number of carbonyl (C=O) groups is 1. The Kier molecular flexibility index (Phi) is 7.96. The Morgan fingerprint density at radius 3 is 3.00 bits per heavy atom. The molecule has 1 amide bonds. The number of nitrogens with zero attached hydrogens (tertiary/aromatic N) is 3. The monoisotopic (exact) mass is 468 g/mol. The molecule has 1 saturated heterocycles. The van der Waals surface area contributed by atoms with E-state index in [0.717, 1.165) is 43.5 Å². The van der Waals surface area contributed by atoms with E-state index >= 15 is 0 Å². The van der Waals surface area contributed by atoms with Gasteiger partial charge in [0.05, 0.1) is 24.6 Å². The maximum absolute atomic E-state index is 12.7. The van der Waals surface area contributed by atoms with E-state index in [4.69, 9.17) is 20.9 Å². The van der Waals surface area contributed by atoms with Crippen molar-refractivity contribution in [2.75, 3.05) is 26.7 Å². The number of hydrogen-bond acceptors (Lipinski definition) is 6. The summed E-state index contributed by atoms with van der Waals surface area (Å²) >= 11 is 6.23. The van der Waals surface area contributed by atoms with Crippen LogP contribution in [0, 0.1) is 5.92 Å². The number of aromatic nitrogens is 2. The molecular weight excluding hydrogens is 440 g/mol. The van der Waals surface area contributed by atoms with Crippen molar-refractivity contribution in [3.8, 4) is 17.1 Å². The van der Waals surface area contributed by atoms with E-state index in [1.807, 2.05) is 36.4 Å². The Labute approximate surface area is 199 Å². The number of piperidine rings is 1. The molecule has 2 heterocycles. The first-order valence-electron chi connectivity index (χ1n) is 11.3. The van der Waals surface area contributed by atoms with Crippen LogP contribution in [-0.4, -0.2) is 47.7 Å². The highest BCUT2D eigenvalue weighted by molar-refractivity contribution is 6.33.